The van der Waals surface area contributed by atoms with Gasteiger partial charge in [0.1, 0.15) is 0 Å². The fourth-order valence-corrected chi connectivity index (χ4v) is 2.17. The molecule has 1 heterocycles. The highest BCUT2D eigenvalue weighted by atomic mass is 35.5. The molecule has 0 atom stereocenters. The molecule has 1 aromatic heterocycles. The van der Waals surface area contributed by atoms with Crippen molar-refractivity contribution in [3.8, 4) is 0 Å². The molecule has 3 heteroatoms. The van der Waals surface area contributed by atoms with E-state index in [1.54, 1.807) is 0 Å². The van der Waals surface area contributed by atoms with Crippen LogP contribution in [0.5, 0.6) is 0 Å². The second-order valence-corrected chi connectivity index (χ2v) is 4.47. The van der Waals surface area contributed by atoms with Crippen molar-refractivity contribution in [2.75, 3.05) is 0 Å². The number of aromatic amines is 1. The molecule has 0 aliphatic rings. The third-order valence-corrected chi connectivity index (χ3v) is 3.07. The maximum atomic E-state index is 3.45. The van der Waals surface area contributed by atoms with E-state index in [1.165, 1.54) is 22.2 Å². The Kier molecular flexibility index (Phi) is 4.61. The minimum absolute atomic E-state index is 0. The van der Waals surface area contributed by atoms with Crippen LogP contribution in [0.25, 0.3) is 10.9 Å². The zero-order chi connectivity index (χ0) is 12.2. The molecule has 3 rings (SSSR count). The van der Waals surface area contributed by atoms with Crippen LogP contribution in [0.2, 0.25) is 0 Å². The summed E-state index contributed by atoms with van der Waals surface area (Å²) >= 11 is 0. The Labute approximate surface area is 119 Å². The molecule has 2 aromatic carbocycles. The monoisotopic (exact) mass is 272 g/mol. The number of H-pyrrole nitrogens is 1. The SMILES string of the molecule is Cl.c1ccc(CNCc2cc3ccccc3[nH]2)cc1. The van der Waals surface area contributed by atoms with Crippen molar-refractivity contribution in [3.63, 3.8) is 0 Å². The molecule has 0 amide bonds. The molecule has 2 nitrogen and oxygen atoms in total. The number of hydrogen-bond donors (Lipinski definition) is 2. The number of fused-ring (bicyclic) bond motifs is 1. The highest BCUT2D eigenvalue weighted by molar-refractivity contribution is 5.85. The van der Waals surface area contributed by atoms with Crippen molar-refractivity contribution >= 4 is 23.3 Å². The van der Waals surface area contributed by atoms with Crippen molar-refractivity contribution < 1.29 is 0 Å². The first-order chi connectivity index (χ1) is 8.92. The van der Waals surface area contributed by atoms with E-state index in [2.05, 4.69) is 64.9 Å². The summed E-state index contributed by atoms with van der Waals surface area (Å²) in [5.74, 6) is 0. The van der Waals surface area contributed by atoms with E-state index >= 15 is 0 Å². The van der Waals surface area contributed by atoms with E-state index in [9.17, 15) is 0 Å². The Morgan fingerprint density at radius 1 is 0.842 bits per heavy atom. The van der Waals surface area contributed by atoms with Gasteiger partial charge in [0, 0.05) is 24.3 Å². The average molecular weight is 273 g/mol. The van der Waals surface area contributed by atoms with Gasteiger partial charge in [0.05, 0.1) is 0 Å². The Bertz CT molecular complexity index is 598. The summed E-state index contributed by atoms with van der Waals surface area (Å²) in [7, 11) is 0. The third kappa shape index (κ3) is 3.37. The van der Waals surface area contributed by atoms with Gasteiger partial charge in [0.2, 0.25) is 0 Å². The number of benzene rings is 2. The van der Waals surface area contributed by atoms with Crippen LogP contribution in [0.1, 0.15) is 11.3 Å². The average Bonchev–Trinajstić information content (AvgIpc) is 2.82. The predicted molar refractivity (Wildman–Crippen MR) is 82.5 cm³/mol. The first-order valence-electron chi connectivity index (χ1n) is 6.23. The molecule has 0 saturated carbocycles. The number of hydrogen-bond acceptors (Lipinski definition) is 1. The van der Waals surface area contributed by atoms with Gasteiger partial charge in [-0.15, -0.1) is 12.4 Å². The van der Waals surface area contributed by atoms with E-state index in [4.69, 9.17) is 0 Å². The largest absolute Gasteiger partial charge is 0.357 e. The normalized spacial score (nSPS) is 10.3. The molecular formula is C16H17ClN2. The molecule has 0 aliphatic carbocycles. The molecule has 98 valence electrons. The molecule has 2 N–H and O–H groups in total. The zero-order valence-corrected chi connectivity index (χ0v) is 11.4. The van der Waals surface area contributed by atoms with Crippen LogP contribution in [0, 0.1) is 0 Å². The summed E-state index contributed by atoms with van der Waals surface area (Å²) in [5.41, 5.74) is 3.75. The van der Waals surface area contributed by atoms with Crippen LogP contribution in [0.3, 0.4) is 0 Å². The molecule has 0 saturated heterocycles. The van der Waals surface area contributed by atoms with E-state index in [0.29, 0.717) is 0 Å². The summed E-state index contributed by atoms with van der Waals surface area (Å²) in [6, 6.07) is 21.0. The van der Waals surface area contributed by atoms with Gasteiger partial charge in [-0.1, -0.05) is 48.5 Å². The maximum absolute atomic E-state index is 3.45. The quantitative estimate of drug-likeness (QED) is 0.741. The van der Waals surface area contributed by atoms with Crippen molar-refractivity contribution in [1.82, 2.24) is 10.3 Å². The molecule has 0 fully saturated rings. The van der Waals surface area contributed by atoms with E-state index < -0.39 is 0 Å². The van der Waals surface area contributed by atoms with Crippen molar-refractivity contribution in [2.45, 2.75) is 13.1 Å². The van der Waals surface area contributed by atoms with Gasteiger partial charge in [-0.05, 0) is 23.1 Å². The summed E-state index contributed by atoms with van der Waals surface area (Å²) in [6.07, 6.45) is 0. The lowest BCUT2D eigenvalue weighted by atomic mass is 10.2. The van der Waals surface area contributed by atoms with E-state index in [1.807, 2.05) is 6.07 Å². The summed E-state index contributed by atoms with van der Waals surface area (Å²) in [5, 5.41) is 4.72. The van der Waals surface area contributed by atoms with Crippen LogP contribution in [-0.4, -0.2) is 4.98 Å². The Balaban J connectivity index is 0.00000133. The number of aromatic nitrogens is 1. The van der Waals surface area contributed by atoms with Gasteiger partial charge in [0.25, 0.3) is 0 Å². The lowest BCUT2D eigenvalue weighted by Crippen LogP contribution is -2.12. The summed E-state index contributed by atoms with van der Waals surface area (Å²) in [4.78, 5) is 3.42. The van der Waals surface area contributed by atoms with E-state index in [-0.39, 0.29) is 12.4 Å². The van der Waals surface area contributed by atoms with Gasteiger partial charge >= 0.3 is 0 Å². The van der Waals surface area contributed by atoms with Gasteiger partial charge < -0.3 is 10.3 Å². The van der Waals surface area contributed by atoms with Crippen molar-refractivity contribution in [2.24, 2.45) is 0 Å². The molecule has 3 aromatic rings. The van der Waals surface area contributed by atoms with Crippen LogP contribution in [-0.2, 0) is 13.1 Å². The van der Waals surface area contributed by atoms with Crippen LogP contribution >= 0.6 is 12.4 Å². The molecule has 0 radical (unpaired) electrons. The fourth-order valence-electron chi connectivity index (χ4n) is 2.17. The molecular weight excluding hydrogens is 256 g/mol. The minimum atomic E-state index is 0. The Hall–Kier alpha value is -1.77. The van der Waals surface area contributed by atoms with E-state index in [0.717, 1.165) is 13.1 Å². The summed E-state index contributed by atoms with van der Waals surface area (Å²) in [6.45, 7) is 1.76. The molecule has 0 aliphatic heterocycles. The molecule has 0 unspecified atom stereocenters. The topological polar surface area (TPSA) is 27.8 Å². The van der Waals surface area contributed by atoms with Gasteiger partial charge in [-0.2, -0.15) is 0 Å². The second kappa shape index (κ2) is 6.41. The van der Waals surface area contributed by atoms with Crippen molar-refractivity contribution in [3.05, 3.63) is 71.9 Å². The smallest absolute Gasteiger partial charge is 0.0456 e. The maximum Gasteiger partial charge on any atom is 0.0456 e. The van der Waals surface area contributed by atoms with Crippen LogP contribution < -0.4 is 5.32 Å². The lowest BCUT2D eigenvalue weighted by Gasteiger charge is -2.02. The van der Waals surface area contributed by atoms with Crippen LogP contribution in [0.4, 0.5) is 0 Å². The highest BCUT2D eigenvalue weighted by Gasteiger charge is 1.99. The van der Waals surface area contributed by atoms with Crippen LogP contribution in [0.15, 0.2) is 60.7 Å². The number of rotatable bonds is 4. The highest BCUT2D eigenvalue weighted by Crippen LogP contribution is 2.14. The molecule has 0 bridgehead atoms. The minimum Gasteiger partial charge on any atom is -0.357 e. The predicted octanol–water partition coefficient (Wildman–Crippen LogP) is 3.88. The van der Waals surface area contributed by atoms with Gasteiger partial charge in [0.15, 0.2) is 0 Å². The number of nitrogens with one attached hydrogen (secondary N) is 2. The first-order valence-corrected chi connectivity index (χ1v) is 6.23. The fraction of sp³-hybridized carbons (Fsp3) is 0.125. The number of para-hydroxylation sites is 1. The number of halogens is 1. The van der Waals surface area contributed by atoms with Gasteiger partial charge in [-0.3, -0.25) is 0 Å². The second-order valence-electron chi connectivity index (χ2n) is 4.47. The van der Waals surface area contributed by atoms with Crippen molar-refractivity contribution in [1.29, 1.82) is 0 Å². The van der Waals surface area contributed by atoms with Gasteiger partial charge in [-0.25, -0.2) is 0 Å². The Morgan fingerprint density at radius 2 is 1.58 bits per heavy atom. The standard InChI is InChI=1S/C16H16N2.ClH/c1-2-6-13(7-3-1)11-17-12-15-10-14-8-4-5-9-16(14)18-15;/h1-10,17-18H,11-12H2;1H. The first kappa shape index (κ1) is 13.7. The molecule has 0 spiro atoms. The lowest BCUT2D eigenvalue weighted by molar-refractivity contribution is 0.684. The zero-order valence-electron chi connectivity index (χ0n) is 10.6. The molecule has 19 heavy (non-hydrogen) atoms. The third-order valence-electron chi connectivity index (χ3n) is 3.07. The summed E-state index contributed by atoms with van der Waals surface area (Å²) < 4.78 is 0. The Morgan fingerprint density at radius 3 is 2.37 bits per heavy atom.